The Hall–Kier alpha value is -2.16. The first-order valence-electron chi connectivity index (χ1n) is 7.77. The zero-order valence-electron chi connectivity index (χ0n) is 12.5. The molecule has 114 valence electrons. The molecule has 22 heavy (non-hydrogen) atoms. The van der Waals surface area contributed by atoms with Crippen molar-refractivity contribution in [3.8, 4) is 0 Å². The van der Waals surface area contributed by atoms with Crippen molar-refractivity contribution in [3.05, 3.63) is 71.0 Å². The van der Waals surface area contributed by atoms with Crippen LogP contribution >= 0.6 is 0 Å². The van der Waals surface area contributed by atoms with Gasteiger partial charge in [0, 0.05) is 0 Å². The number of nitrogens with two attached hydrogens (primary N) is 1. The van der Waals surface area contributed by atoms with Gasteiger partial charge in [-0.3, -0.25) is 4.79 Å². The predicted octanol–water partition coefficient (Wildman–Crippen LogP) is 3.90. The molecule has 2 aromatic carbocycles. The van der Waals surface area contributed by atoms with Crippen LogP contribution in [0.25, 0.3) is 0 Å². The number of rotatable bonds is 5. The monoisotopic (exact) mass is 297 g/mol. The van der Waals surface area contributed by atoms with Gasteiger partial charge < -0.3 is 5.73 Å². The van der Waals surface area contributed by atoms with Crippen molar-refractivity contribution in [1.82, 2.24) is 0 Å². The molecule has 2 N–H and O–H groups in total. The molecule has 1 unspecified atom stereocenters. The summed E-state index contributed by atoms with van der Waals surface area (Å²) >= 11 is 0. The van der Waals surface area contributed by atoms with E-state index in [9.17, 15) is 9.18 Å². The number of hydrogen-bond donors (Lipinski definition) is 1. The Balaban J connectivity index is 1.75. The number of carbonyl (C=O) groups excluding carboxylic acids is 1. The van der Waals surface area contributed by atoms with E-state index in [2.05, 4.69) is 24.3 Å². The van der Waals surface area contributed by atoms with Crippen LogP contribution in [-0.4, -0.2) is 5.91 Å². The number of amides is 1. The maximum atomic E-state index is 13.0. The average molecular weight is 297 g/mol. The van der Waals surface area contributed by atoms with Gasteiger partial charge in [-0.1, -0.05) is 42.8 Å². The Morgan fingerprint density at radius 3 is 2.23 bits per heavy atom. The third kappa shape index (κ3) is 3.19. The smallest absolute Gasteiger partial charge is 0.225 e. The topological polar surface area (TPSA) is 43.1 Å². The van der Waals surface area contributed by atoms with Crippen LogP contribution in [0.5, 0.6) is 0 Å². The van der Waals surface area contributed by atoms with Gasteiger partial charge in [0.15, 0.2) is 0 Å². The van der Waals surface area contributed by atoms with Crippen molar-refractivity contribution in [2.75, 3.05) is 0 Å². The fraction of sp³-hybridized carbons (Fsp3) is 0.316. The second-order valence-corrected chi connectivity index (χ2v) is 6.08. The number of benzene rings is 2. The molecule has 0 radical (unpaired) electrons. The van der Waals surface area contributed by atoms with E-state index in [4.69, 9.17) is 5.73 Å². The molecule has 3 heteroatoms. The third-order valence-electron chi connectivity index (χ3n) is 4.61. The van der Waals surface area contributed by atoms with Crippen LogP contribution in [0, 0.1) is 5.82 Å². The fourth-order valence-electron chi connectivity index (χ4n) is 2.98. The van der Waals surface area contributed by atoms with Crippen molar-refractivity contribution in [1.29, 1.82) is 0 Å². The lowest BCUT2D eigenvalue weighted by Gasteiger charge is -2.26. The molecule has 3 rings (SSSR count). The summed E-state index contributed by atoms with van der Waals surface area (Å²) in [5.41, 5.74) is 8.75. The summed E-state index contributed by atoms with van der Waals surface area (Å²) in [6.45, 7) is 0. The Kier molecular flexibility index (Phi) is 4.23. The van der Waals surface area contributed by atoms with E-state index in [1.54, 1.807) is 12.1 Å². The summed E-state index contributed by atoms with van der Waals surface area (Å²) in [5.74, 6) is -0.403. The first kappa shape index (κ1) is 14.8. The minimum Gasteiger partial charge on any atom is -0.369 e. The maximum absolute atomic E-state index is 13.0. The lowest BCUT2D eigenvalue weighted by atomic mass is 9.79. The second-order valence-electron chi connectivity index (χ2n) is 6.08. The molecular weight excluding hydrogens is 277 g/mol. The summed E-state index contributed by atoms with van der Waals surface area (Å²) < 4.78 is 13.0. The maximum Gasteiger partial charge on any atom is 0.225 e. The molecular formula is C19H20FNO. The van der Waals surface area contributed by atoms with E-state index in [1.165, 1.54) is 37.0 Å². The summed E-state index contributed by atoms with van der Waals surface area (Å²) in [4.78, 5) is 11.7. The van der Waals surface area contributed by atoms with Gasteiger partial charge >= 0.3 is 0 Å². The fourth-order valence-corrected chi connectivity index (χ4v) is 2.98. The number of primary amides is 1. The average Bonchev–Trinajstić information content (AvgIpc) is 2.45. The molecule has 0 aromatic heterocycles. The van der Waals surface area contributed by atoms with E-state index in [1.807, 2.05) is 0 Å². The summed E-state index contributed by atoms with van der Waals surface area (Å²) in [6, 6.07) is 14.5. The van der Waals surface area contributed by atoms with Gasteiger partial charge in [-0.05, 0) is 54.0 Å². The second kappa shape index (κ2) is 6.30. The third-order valence-corrected chi connectivity index (χ3v) is 4.61. The van der Waals surface area contributed by atoms with Gasteiger partial charge in [0.05, 0.1) is 5.92 Å². The van der Waals surface area contributed by atoms with Crippen LogP contribution in [0.15, 0.2) is 48.5 Å². The lowest BCUT2D eigenvalue weighted by Crippen LogP contribution is -2.23. The van der Waals surface area contributed by atoms with Crippen LogP contribution in [-0.2, 0) is 11.2 Å². The quantitative estimate of drug-likeness (QED) is 0.893. The van der Waals surface area contributed by atoms with Crippen molar-refractivity contribution in [2.24, 2.45) is 5.73 Å². The SMILES string of the molecule is NC(=O)C(Cc1ccc(C2CCC2)cc1)c1ccc(F)cc1. The van der Waals surface area contributed by atoms with Crippen LogP contribution in [0.4, 0.5) is 4.39 Å². The van der Waals surface area contributed by atoms with Gasteiger partial charge in [-0.2, -0.15) is 0 Å². The van der Waals surface area contributed by atoms with Crippen LogP contribution < -0.4 is 5.73 Å². The van der Waals surface area contributed by atoms with Crippen molar-refractivity contribution >= 4 is 5.91 Å². The zero-order valence-corrected chi connectivity index (χ0v) is 12.5. The van der Waals surface area contributed by atoms with Crippen LogP contribution in [0.1, 0.15) is 47.8 Å². The highest BCUT2D eigenvalue weighted by atomic mass is 19.1. The summed E-state index contributed by atoms with van der Waals surface area (Å²) in [5, 5.41) is 0. The Labute approximate surface area is 130 Å². The molecule has 0 spiro atoms. The standard InChI is InChI=1S/C19H20FNO/c20-17-10-8-16(9-11-17)18(19(21)22)12-13-4-6-15(7-5-13)14-2-1-3-14/h4-11,14,18H,1-3,12H2,(H2,21,22). The van der Waals surface area contributed by atoms with Gasteiger partial charge in [0.2, 0.25) is 5.91 Å². The molecule has 1 amide bonds. The molecule has 2 aromatic rings. The Bertz CT molecular complexity index is 644. The number of halogens is 1. The minimum absolute atomic E-state index is 0.308. The van der Waals surface area contributed by atoms with E-state index in [-0.39, 0.29) is 11.7 Å². The highest BCUT2D eigenvalue weighted by molar-refractivity contribution is 5.82. The molecule has 1 saturated carbocycles. The summed E-state index contributed by atoms with van der Waals surface area (Å²) in [6.07, 6.45) is 4.42. The van der Waals surface area contributed by atoms with E-state index in [0.29, 0.717) is 12.3 Å². The van der Waals surface area contributed by atoms with Crippen LogP contribution in [0.3, 0.4) is 0 Å². The molecule has 1 aliphatic rings. The van der Waals surface area contributed by atoms with Crippen molar-refractivity contribution in [2.45, 2.75) is 37.5 Å². The molecule has 0 aliphatic heterocycles. The molecule has 0 saturated heterocycles. The molecule has 0 bridgehead atoms. The molecule has 1 atom stereocenters. The van der Waals surface area contributed by atoms with Gasteiger partial charge in [-0.15, -0.1) is 0 Å². The molecule has 1 fully saturated rings. The van der Waals surface area contributed by atoms with Crippen molar-refractivity contribution in [3.63, 3.8) is 0 Å². The zero-order chi connectivity index (χ0) is 15.5. The van der Waals surface area contributed by atoms with E-state index >= 15 is 0 Å². The van der Waals surface area contributed by atoms with Gasteiger partial charge in [-0.25, -0.2) is 4.39 Å². The minimum atomic E-state index is -0.421. The first-order valence-corrected chi connectivity index (χ1v) is 7.77. The van der Waals surface area contributed by atoms with Gasteiger partial charge in [0.1, 0.15) is 5.82 Å². The first-order chi connectivity index (χ1) is 10.6. The van der Waals surface area contributed by atoms with Gasteiger partial charge in [0.25, 0.3) is 0 Å². The number of hydrogen-bond acceptors (Lipinski definition) is 1. The molecule has 0 heterocycles. The highest BCUT2D eigenvalue weighted by Gasteiger charge is 2.21. The van der Waals surface area contributed by atoms with E-state index in [0.717, 1.165) is 11.1 Å². The Morgan fingerprint density at radius 2 is 1.73 bits per heavy atom. The van der Waals surface area contributed by atoms with Crippen molar-refractivity contribution < 1.29 is 9.18 Å². The number of carbonyl (C=O) groups is 1. The van der Waals surface area contributed by atoms with E-state index < -0.39 is 5.92 Å². The Morgan fingerprint density at radius 1 is 1.09 bits per heavy atom. The van der Waals surface area contributed by atoms with Crippen LogP contribution in [0.2, 0.25) is 0 Å². The largest absolute Gasteiger partial charge is 0.369 e. The molecule has 2 nitrogen and oxygen atoms in total. The highest BCUT2D eigenvalue weighted by Crippen LogP contribution is 2.36. The summed E-state index contributed by atoms with van der Waals surface area (Å²) in [7, 11) is 0. The lowest BCUT2D eigenvalue weighted by molar-refractivity contribution is -0.119. The predicted molar refractivity (Wildman–Crippen MR) is 85.1 cm³/mol. The molecule has 1 aliphatic carbocycles. The normalized spacial score (nSPS) is 16.0.